The van der Waals surface area contributed by atoms with E-state index in [0.29, 0.717) is 35.3 Å². The van der Waals surface area contributed by atoms with E-state index in [1.165, 1.54) is 24.6 Å². The number of carbonyl (C=O) groups excluding carboxylic acids is 2. The monoisotopic (exact) mass is 369 g/mol. The van der Waals surface area contributed by atoms with Gasteiger partial charge in [0.25, 0.3) is 5.91 Å². The minimum absolute atomic E-state index is 0.0462. The second-order valence-electron chi connectivity index (χ2n) is 6.49. The van der Waals surface area contributed by atoms with E-state index in [9.17, 15) is 9.59 Å². The third-order valence-electron chi connectivity index (χ3n) is 4.29. The molecule has 2 aromatic rings. The molecule has 6 nitrogen and oxygen atoms in total. The largest absolute Gasteiger partial charge is 0.477 e. The van der Waals surface area contributed by atoms with Gasteiger partial charge in [0.1, 0.15) is 0 Å². The van der Waals surface area contributed by atoms with E-state index >= 15 is 0 Å². The number of nitrogens with one attached hydrogen (secondary N) is 2. The molecule has 0 unspecified atom stereocenters. The summed E-state index contributed by atoms with van der Waals surface area (Å²) in [6, 6.07) is 9.07. The van der Waals surface area contributed by atoms with Gasteiger partial charge in [0.2, 0.25) is 11.8 Å². The van der Waals surface area contributed by atoms with Gasteiger partial charge in [-0.3, -0.25) is 9.59 Å². The molecular formula is C19H19N3O3S. The van der Waals surface area contributed by atoms with Crippen LogP contribution in [-0.4, -0.2) is 29.2 Å². The summed E-state index contributed by atoms with van der Waals surface area (Å²) in [5.74, 6) is 1.48. The molecule has 1 aromatic carbocycles. The predicted octanol–water partition coefficient (Wildman–Crippen LogP) is 2.84. The molecule has 2 amide bonds. The van der Waals surface area contributed by atoms with Gasteiger partial charge < -0.3 is 15.4 Å². The van der Waals surface area contributed by atoms with Crippen molar-refractivity contribution in [2.75, 3.05) is 17.7 Å². The molecule has 2 aliphatic rings. The van der Waals surface area contributed by atoms with E-state index in [-0.39, 0.29) is 11.8 Å². The van der Waals surface area contributed by atoms with Crippen molar-refractivity contribution in [3.8, 4) is 5.88 Å². The maximum atomic E-state index is 12.4. The molecule has 1 aromatic heterocycles. The number of anilines is 1. The van der Waals surface area contributed by atoms with Gasteiger partial charge in [-0.15, -0.1) is 11.8 Å². The molecule has 0 atom stereocenters. The summed E-state index contributed by atoms with van der Waals surface area (Å²) in [6.45, 7) is 1.11. The van der Waals surface area contributed by atoms with Crippen molar-refractivity contribution in [2.45, 2.75) is 24.3 Å². The van der Waals surface area contributed by atoms with Crippen LogP contribution >= 0.6 is 11.8 Å². The zero-order valence-electron chi connectivity index (χ0n) is 14.2. The highest BCUT2D eigenvalue weighted by atomic mass is 32.2. The van der Waals surface area contributed by atoms with E-state index in [1.807, 2.05) is 18.2 Å². The molecule has 1 aliphatic carbocycles. The van der Waals surface area contributed by atoms with Crippen LogP contribution in [0.2, 0.25) is 0 Å². The van der Waals surface area contributed by atoms with Crippen molar-refractivity contribution in [1.82, 2.24) is 10.3 Å². The molecular weight excluding hydrogens is 350 g/mol. The Balaban J connectivity index is 1.33. The number of hydrogen-bond donors (Lipinski definition) is 2. The van der Waals surface area contributed by atoms with Crippen LogP contribution in [0.25, 0.3) is 0 Å². The first-order valence-electron chi connectivity index (χ1n) is 8.60. The maximum Gasteiger partial charge on any atom is 0.251 e. The number of rotatable bonds is 6. The summed E-state index contributed by atoms with van der Waals surface area (Å²) in [7, 11) is 0. The molecule has 2 heterocycles. The highest BCUT2D eigenvalue weighted by molar-refractivity contribution is 8.00. The van der Waals surface area contributed by atoms with Gasteiger partial charge in [-0.2, -0.15) is 0 Å². The summed E-state index contributed by atoms with van der Waals surface area (Å²) in [6.07, 6.45) is 4.20. The molecule has 0 saturated heterocycles. The molecule has 7 heteroatoms. The Labute approximate surface area is 155 Å². The van der Waals surface area contributed by atoms with Crippen LogP contribution in [0.3, 0.4) is 0 Å². The molecule has 1 aliphatic heterocycles. The zero-order valence-corrected chi connectivity index (χ0v) is 15.0. The van der Waals surface area contributed by atoms with Crippen molar-refractivity contribution in [1.29, 1.82) is 0 Å². The first kappa shape index (κ1) is 16.9. The van der Waals surface area contributed by atoms with Crippen LogP contribution in [0, 0.1) is 5.92 Å². The molecule has 134 valence electrons. The van der Waals surface area contributed by atoms with Crippen LogP contribution < -0.4 is 15.4 Å². The molecule has 1 fully saturated rings. The van der Waals surface area contributed by atoms with Gasteiger partial charge in [-0.05, 0) is 42.5 Å². The fourth-order valence-electron chi connectivity index (χ4n) is 2.60. The summed E-state index contributed by atoms with van der Waals surface area (Å²) in [5.41, 5.74) is 2.11. The van der Waals surface area contributed by atoms with Gasteiger partial charge in [0, 0.05) is 29.3 Å². The van der Waals surface area contributed by atoms with Crippen molar-refractivity contribution in [3.05, 3.63) is 47.7 Å². The molecule has 0 radical (unpaired) electrons. The number of fused-ring (bicyclic) bond motifs is 1. The molecule has 4 rings (SSSR count). The summed E-state index contributed by atoms with van der Waals surface area (Å²) >= 11 is 1.47. The average Bonchev–Trinajstić information content (AvgIpc) is 3.49. The zero-order chi connectivity index (χ0) is 17.9. The number of thioether (sulfide) groups is 1. The van der Waals surface area contributed by atoms with Crippen molar-refractivity contribution < 1.29 is 14.3 Å². The smallest absolute Gasteiger partial charge is 0.251 e. The lowest BCUT2D eigenvalue weighted by atomic mass is 10.1. The first-order chi connectivity index (χ1) is 12.7. The lowest BCUT2D eigenvalue weighted by Gasteiger charge is -2.17. The van der Waals surface area contributed by atoms with Crippen LogP contribution in [0.4, 0.5) is 5.69 Å². The number of ether oxygens (including phenoxy) is 1. The Morgan fingerprint density at radius 2 is 2.19 bits per heavy atom. The Hall–Kier alpha value is -2.54. The van der Waals surface area contributed by atoms with Gasteiger partial charge in [-0.1, -0.05) is 6.07 Å². The minimum atomic E-state index is -0.188. The molecule has 0 bridgehead atoms. The second-order valence-corrected chi connectivity index (χ2v) is 7.51. The number of hydrogen-bond acceptors (Lipinski definition) is 5. The molecule has 1 saturated carbocycles. The standard InChI is InChI=1S/C19H19N3O3S/c23-17-11-26-16-5-4-14(7-15(16)22-17)19(24)21-9-13-3-6-18(20-8-13)25-10-12-1-2-12/h3-8,12H,1-2,9-11H2,(H,21,24)(H,22,23). The number of aromatic nitrogens is 1. The molecule has 26 heavy (non-hydrogen) atoms. The highest BCUT2D eigenvalue weighted by Gasteiger charge is 2.22. The number of carbonyl (C=O) groups is 2. The Morgan fingerprint density at radius 1 is 1.31 bits per heavy atom. The predicted molar refractivity (Wildman–Crippen MR) is 99.4 cm³/mol. The third-order valence-corrected chi connectivity index (χ3v) is 5.36. The van der Waals surface area contributed by atoms with E-state index in [1.54, 1.807) is 18.3 Å². The van der Waals surface area contributed by atoms with Crippen molar-refractivity contribution >= 4 is 29.3 Å². The van der Waals surface area contributed by atoms with Gasteiger partial charge in [0.05, 0.1) is 18.0 Å². The quantitative estimate of drug-likeness (QED) is 0.818. The SMILES string of the molecule is O=C1CSc2ccc(C(=O)NCc3ccc(OCC4CC4)nc3)cc2N1. The van der Waals surface area contributed by atoms with Crippen LogP contribution in [0.15, 0.2) is 41.4 Å². The van der Waals surface area contributed by atoms with E-state index < -0.39 is 0 Å². The minimum Gasteiger partial charge on any atom is -0.477 e. The second kappa shape index (κ2) is 7.37. The van der Waals surface area contributed by atoms with Crippen molar-refractivity contribution in [3.63, 3.8) is 0 Å². The van der Waals surface area contributed by atoms with E-state index in [2.05, 4.69) is 15.6 Å². The number of pyridine rings is 1. The number of nitrogens with zero attached hydrogens (tertiary/aromatic N) is 1. The third kappa shape index (κ3) is 4.16. The Bertz CT molecular complexity index is 834. The summed E-state index contributed by atoms with van der Waals surface area (Å²) in [5, 5.41) is 5.67. The van der Waals surface area contributed by atoms with Crippen LogP contribution in [-0.2, 0) is 11.3 Å². The highest BCUT2D eigenvalue weighted by Crippen LogP contribution is 2.32. The normalized spacial score (nSPS) is 15.8. The van der Waals surface area contributed by atoms with Gasteiger partial charge in [-0.25, -0.2) is 4.98 Å². The lowest BCUT2D eigenvalue weighted by molar-refractivity contribution is -0.113. The fraction of sp³-hybridized carbons (Fsp3) is 0.316. The summed E-state index contributed by atoms with van der Waals surface area (Å²) < 4.78 is 5.61. The topological polar surface area (TPSA) is 80.3 Å². The molecule has 0 spiro atoms. The van der Waals surface area contributed by atoms with E-state index in [0.717, 1.165) is 17.1 Å². The lowest BCUT2D eigenvalue weighted by Crippen LogP contribution is -2.24. The number of amides is 2. The maximum absolute atomic E-state index is 12.4. The summed E-state index contributed by atoms with van der Waals surface area (Å²) in [4.78, 5) is 29.1. The first-order valence-corrected chi connectivity index (χ1v) is 9.58. The Morgan fingerprint density at radius 3 is 2.96 bits per heavy atom. The van der Waals surface area contributed by atoms with Crippen LogP contribution in [0.5, 0.6) is 5.88 Å². The Kier molecular flexibility index (Phi) is 4.79. The van der Waals surface area contributed by atoms with Gasteiger partial charge in [0.15, 0.2) is 0 Å². The van der Waals surface area contributed by atoms with Crippen LogP contribution in [0.1, 0.15) is 28.8 Å². The van der Waals surface area contributed by atoms with Crippen molar-refractivity contribution in [2.24, 2.45) is 5.92 Å². The number of benzene rings is 1. The fourth-order valence-corrected chi connectivity index (χ4v) is 3.39. The van der Waals surface area contributed by atoms with Gasteiger partial charge >= 0.3 is 0 Å². The van der Waals surface area contributed by atoms with E-state index in [4.69, 9.17) is 4.74 Å². The molecule has 2 N–H and O–H groups in total. The average molecular weight is 369 g/mol.